The lowest BCUT2D eigenvalue weighted by molar-refractivity contribution is 0.0929. The molecule has 0 saturated carbocycles. The number of carbonyl (C=O) groups is 1. The lowest BCUT2D eigenvalue weighted by Gasteiger charge is -2.23. The van der Waals surface area contributed by atoms with E-state index in [1.54, 1.807) is 0 Å². The fourth-order valence-corrected chi connectivity index (χ4v) is 2.93. The van der Waals surface area contributed by atoms with Crippen molar-refractivity contribution in [3.8, 4) is 11.4 Å². The van der Waals surface area contributed by atoms with Crippen LogP contribution in [0.25, 0.3) is 11.4 Å². The third-order valence-electron chi connectivity index (χ3n) is 4.21. The molecule has 26 heavy (non-hydrogen) atoms. The first-order valence-corrected chi connectivity index (χ1v) is 8.85. The van der Waals surface area contributed by atoms with E-state index in [0.29, 0.717) is 17.3 Å². The summed E-state index contributed by atoms with van der Waals surface area (Å²) in [4.78, 5) is 17.0. The Morgan fingerprint density at radius 2 is 2.04 bits per heavy atom. The first kappa shape index (κ1) is 20.4. The van der Waals surface area contributed by atoms with Crippen LogP contribution in [0.4, 0.5) is 0 Å². The number of carbonyl (C=O) groups excluding carboxylic acids is 1. The quantitative estimate of drug-likeness (QED) is 0.853. The Kier molecular flexibility index (Phi) is 6.78. The molecule has 1 saturated heterocycles. The van der Waals surface area contributed by atoms with Crippen molar-refractivity contribution in [1.29, 1.82) is 0 Å². The van der Waals surface area contributed by atoms with E-state index in [1.165, 1.54) is 0 Å². The van der Waals surface area contributed by atoms with Gasteiger partial charge in [0.1, 0.15) is 0 Å². The van der Waals surface area contributed by atoms with Gasteiger partial charge in [0.2, 0.25) is 11.7 Å². The highest BCUT2D eigenvalue weighted by atomic mass is 35.5. The number of hydrogen-bond donors (Lipinski definition) is 2. The standard InChI is InChI=1S/C19H26N4O2.ClH/c1-19(2,3)12-16-22-17(23-25-16)13-5-4-6-14(11-13)18(24)21-15-7-9-20-10-8-15;/h4-6,11,15,20H,7-10,12H2,1-3H3,(H,21,24);1H. The zero-order chi connectivity index (χ0) is 17.9. The molecule has 2 heterocycles. The molecule has 1 fully saturated rings. The molecule has 2 N–H and O–H groups in total. The van der Waals surface area contributed by atoms with Gasteiger partial charge in [0.25, 0.3) is 5.91 Å². The van der Waals surface area contributed by atoms with Gasteiger partial charge in [-0.25, -0.2) is 0 Å². The lowest BCUT2D eigenvalue weighted by atomic mass is 9.92. The maximum atomic E-state index is 12.5. The fourth-order valence-electron chi connectivity index (χ4n) is 2.93. The summed E-state index contributed by atoms with van der Waals surface area (Å²) < 4.78 is 5.35. The molecular formula is C19H27ClN4O2. The monoisotopic (exact) mass is 378 g/mol. The van der Waals surface area contributed by atoms with Crippen LogP contribution in [-0.4, -0.2) is 35.2 Å². The Balaban J connectivity index is 0.00000243. The third-order valence-corrected chi connectivity index (χ3v) is 4.21. The van der Waals surface area contributed by atoms with Crippen LogP contribution in [0, 0.1) is 5.41 Å². The van der Waals surface area contributed by atoms with Crippen LogP contribution in [0.1, 0.15) is 49.9 Å². The molecule has 1 aromatic carbocycles. The first-order valence-electron chi connectivity index (χ1n) is 8.85. The topological polar surface area (TPSA) is 80.0 Å². The normalized spacial score (nSPS) is 15.3. The molecule has 1 aliphatic heterocycles. The Hall–Kier alpha value is -1.92. The van der Waals surface area contributed by atoms with E-state index in [0.717, 1.165) is 37.9 Å². The van der Waals surface area contributed by atoms with Crippen molar-refractivity contribution >= 4 is 18.3 Å². The number of rotatable bonds is 4. The van der Waals surface area contributed by atoms with E-state index in [-0.39, 0.29) is 29.8 Å². The zero-order valence-corrected chi connectivity index (χ0v) is 16.4. The maximum Gasteiger partial charge on any atom is 0.251 e. The minimum atomic E-state index is -0.0489. The zero-order valence-electron chi connectivity index (χ0n) is 15.5. The van der Waals surface area contributed by atoms with Gasteiger partial charge in [0.05, 0.1) is 0 Å². The highest BCUT2D eigenvalue weighted by molar-refractivity contribution is 5.95. The molecule has 142 valence electrons. The van der Waals surface area contributed by atoms with E-state index >= 15 is 0 Å². The molecule has 0 atom stereocenters. The summed E-state index contributed by atoms with van der Waals surface area (Å²) in [6.07, 6.45) is 2.65. The average molecular weight is 379 g/mol. The van der Waals surface area contributed by atoms with Crippen LogP contribution in [-0.2, 0) is 6.42 Å². The molecule has 2 aromatic rings. The van der Waals surface area contributed by atoms with Crippen LogP contribution < -0.4 is 10.6 Å². The summed E-state index contributed by atoms with van der Waals surface area (Å²) in [7, 11) is 0. The van der Waals surface area contributed by atoms with Gasteiger partial charge in [-0.1, -0.05) is 38.1 Å². The van der Waals surface area contributed by atoms with Gasteiger partial charge >= 0.3 is 0 Å². The van der Waals surface area contributed by atoms with Gasteiger partial charge < -0.3 is 15.2 Å². The van der Waals surface area contributed by atoms with Gasteiger partial charge in [0, 0.05) is 23.6 Å². The largest absolute Gasteiger partial charge is 0.349 e. The number of nitrogens with zero attached hydrogens (tertiary/aromatic N) is 2. The van der Waals surface area contributed by atoms with Gasteiger partial charge in [0.15, 0.2) is 0 Å². The number of amides is 1. The summed E-state index contributed by atoms with van der Waals surface area (Å²) in [5, 5.41) is 10.5. The van der Waals surface area contributed by atoms with Crippen molar-refractivity contribution in [3.63, 3.8) is 0 Å². The number of benzene rings is 1. The van der Waals surface area contributed by atoms with E-state index in [2.05, 4.69) is 41.5 Å². The molecule has 0 radical (unpaired) electrons. The second-order valence-corrected chi connectivity index (χ2v) is 7.83. The first-order chi connectivity index (χ1) is 11.9. The average Bonchev–Trinajstić information content (AvgIpc) is 3.02. The predicted molar refractivity (Wildman–Crippen MR) is 103 cm³/mol. The van der Waals surface area contributed by atoms with E-state index in [1.807, 2.05) is 24.3 Å². The number of halogens is 1. The molecular weight excluding hydrogens is 352 g/mol. The molecule has 0 unspecified atom stereocenters. The molecule has 3 rings (SSSR count). The van der Waals surface area contributed by atoms with Crippen LogP contribution in [0.15, 0.2) is 28.8 Å². The van der Waals surface area contributed by atoms with Crippen molar-refractivity contribution in [2.24, 2.45) is 5.41 Å². The number of hydrogen-bond acceptors (Lipinski definition) is 5. The SMILES string of the molecule is CC(C)(C)Cc1nc(-c2cccc(C(=O)NC3CCNCC3)c2)no1.Cl. The van der Waals surface area contributed by atoms with Crippen LogP contribution >= 0.6 is 12.4 Å². The fraction of sp³-hybridized carbons (Fsp3) is 0.526. The second-order valence-electron chi connectivity index (χ2n) is 7.83. The molecule has 6 nitrogen and oxygen atoms in total. The lowest BCUT2D eigenvalue weighted by Crippen LogP contribution is -2.42. The van der Waals surface area contributed by atoms with Crippen molar-refractivity contribution in [1.82, 2.24) is 20.8 Å². The Labute approximate surface area is 160 Å². The molecule has 7 heteroatoms. The number of aromatic nitrogens is 2. The molecule has 1 aliphatic rings. The summed E-state index contributed by atoms with van der Waals surface area (Å²) in [6.45, 7) is 8.28. The van der Waals surface area contributed by atoms with E-state index in [4.69, 9.17) is 4.52 Å². The molecule has 0 spiro atoms. The van der Waals surface area contributed by atoms with Crippen LogP contribution in [0.3, 0.4) is 0 Å². The van der Waals surface area contributed by atoms with Gasteiger partial charge in [-0.2, -0.15) is 4.98 Å². The molecule has 0 bridgehead atoms. The van der Waals surface area contributed by atoms with Crippen molar-refractivity contribution in [2.75, 3.05) is 13.1 Å². The van der Waals surface area contributed by atoms with Crippen molar-refractivity contribution < 1.29 is 9.32 Å². The Morgan fingerprint density at radius 3 is 2.73 bits per heavy atom. The van der Waals surface area contributed by atoms with Crippen molar-refractivity contribution in [3.05, 3.63) is 35.7 Å². The molecule has 1 amide bonds. The van der Waals surface area contributed by atoms with Crippen molar-refractivity contribution in [2.45, 2.75) is 46.1 Å². The molecule has 0 aliphatic carbocycles. The Bertz CT molecular complexity index is 733. The summed E-state index contributed by atoms with van der Waals surface area (Å²) >= 11 is 0. The van der Waals surface area contributed by atoms with Crippen LogP contribution in [0.5, 0.6) is 0 Å². The Morgan fingerprint density at radius 1 is 1.31 bits per heavy atom. The highest BCUT2D eigenvalue weighted by Crippen LogP contribution is 2.22. The maximum absolute atomic E-state index is 12.5. The van der Waals surface area contributed by atoms with E-state index < -0.39 is 0 Å². The van der Waals surface area contributed by atoms with Gasteiger partial charge in [-0.3, -0.25) is 4.79 Å². The number of nitrogens with one attached hydrogen (secondary N) is 2. The third kappa shape index (κ3) is 5.54. The summed E-state index contributed by atoms with van der Waals surface area (Å²) in [6, 6.07) is 7.62. The summed E-state index contributed by atoms with van der Waals surface area (Å²) in [5.74, 6) is 1.09. The van der Waals surface area contributed by atoms with Gasteiger partial charge in [-0.05, 0) is 43.5 Å². The predicted octanol–water partition coefficient (Wildman–Crippen LogP) is 3.23. The minimum Gasteiger partial charge on any atom is -0.349 e. The minimum absolute atomic E-state index is 0. The smallest absolute Gasteiger partial charge is 0.251 e. The van der Waals surface area contributed by atoms with E-state index in [9.17, 15) is 4.79 Å². The second kappa shape index (κ2) is 8.64. The highest BCUT2D eigenvalue weighted by Gasteiger charge is 2.19. The van der Waals surface area contributed by atoms with Gasteiger partial charge in [-0.15, -0.1) is 12.4 Å². The molecule has 1 aromatic heterocycles. The number of piperidine rings is 1. The summed E-state index contributed by atoms with van der Waals surface area (Å²) in [5.41, 5.74) is 1.50. The van der Waals surface area contributed by atoms with Crippen LogP contribution in [0.2, 0.25) is 0 Å².